The van der Waals surface area contributed by atoms with Gasteiger partial charge in [-0.3, -0.25) is 0 Å². The van der Waals surface area contributed by atoms with Crippen LogP contribution in [0.3, 0.4) is 0 Å². The molecule has 1 N–H and O–H groups in total. The second kappa shape index (κ2) is 6.43. The molecule has 0 radical (unpaired) electrons. The van der Waals surface area contributed by atoms with Gasteiger partial charge in [0.2, 0.25) is 0 Å². The van der Waals surface area contributed by atoms with E-state index in [1.54, 1.807) is 0 Å². The molecular weight excluding hydrogens is 280 g/mol. The summed E-state index contributed by atoms with van der Waals surface area (Å²) in [4.78, 5) is 0. The van der Waals surface area contributed by atoms with Crippen LogP contribution in [0.15, 0.2) is 60.2 Å². The molecule has 0 unspecified atom stereocenters. The molecule has 0 saturated heterocycles. The first kappa shape index (κ1) is 14.3. The largest absolute Gasteiger partial charge is 0.489 e. The standard InChI is InChI=1S/C18H18O4/c1-20-18(19)16-10-8-14-7-9-15(11-17(14)22-16)21-12-13-5-3-2-4-6-13/h2-7,9,11,19H,8,10,12H2,1H3/b18-16+. The first-order valence-electron chi connectivity index (χ1n) is 7.20. The normalized spacial score (nSPS) is 15.5. The fourth-order valence-corrected chi connectivity index (χ4v) is 2.36. The van der Waals surface area contributed by atoms with Crippen LogP contribution in [0.1, 0.15) is 17.5 Å². The number of methoxy groups -OCH3 is 1. The molecular formula is C18H18O4. The lowest BCUT2D eigenvalue weighted by Crippen LogP contribution is -2.10. The number of fused-ring (bicyclic) bond motifs is 1. The number of aliphatic hydroxyl groups is 1. The molecule has 4 nitrogen and oxygen atoms in total. The van der Waals surface area contributed by atoms with Crippen LogP contribution in [0.2, 0.25) is 0 Å². The number of aliphatic hydroxyl groups excluding tert-OH is 1. The van der Waals surface area contributed by atoms with Crippen LogP contribution in [0, 0.1) is 0 Å². The predicted molar refractivity (Wildman–Crippen MR) is 82.8 cm³/mol. The molecule has 3 rings (SSSR count). The average Bonchev–Trinajstić information content (AvgIpc) is 2.59. The molecule has 0 saturated carbocycles. The van der Waals surface area contributed by atoms with Gasteiger partial charge in [0.25, 0.3) is 0 Å². The highest BCUT2D eigenvalue weighted by atomic mass is 16.6. The predicted octanol–water partition coefficient (Wildman–Crippen LogP) is 3.96. The van der Waals surface area contributed by atoms with Gasteiger partial charge >= 0.3 is 5.95 Å². The number of hydrogen-bond donors (Lipinski definition) is 1. The van der Waals surface area contributed by atoms with Gasteiger partial charge in [-0.1, -0.05) is 36.4 Å². The number of hydrogen-bond acceptors (Lipinski definition) is 4. The second-order valence-electron chi connectivity index (χ2n) is 5.08. The minimum atomic E-state index is -0.166. The topological polar surface area (TPSA) is 47.9 Å². The molecule has 0 fully saturated rings. The molecule has 22 heavy (non-hydrogen) atoms. The Balaban J connectivity index is 1.73. The molecule has 1 aliphatic heterocycles. The van der Waals surface area contributed by atoms with Crippen LogP contribution in [0.5, 0.6) is 11.5 Å². The Morgan fingerprint density at radius 2 is 1.95 bits per heavy atom. The van der Waals surface area contributed by atoms with E-state index >= 15 is 0 Å². The molecule has 1 heterocycles. The summed E-state index contributed by atoms with van der Waals surface area (Å²) in [6, 6.07) is 15.8. The van der Waals surface area contributed by atoms with E-state index in [9.17, 15) is 5.11 Å². The maximum absolute atomic E-state index is 9.63. The summed E-state index contributed by atoms with van der Waals surface area (Å²) in [6.07, 6.45) is 1.42. The minimum Gasteiger partial charge on any atom is -0.489 e. The third-order valence-electron chi connectivity index (χ3n) is 3.57. The van der Waals surface area contributed by atoms with Crippen LogP contribution in [-0.4, -0.2) is 12.2 Å². The summed E-state index contributed by atoms with van der Waals surface area (Å²) in [5.74, 6) is 1.73. The quantitative estimate of drug-likeness (QED) is 0.868. The molecule has 0 amide bonds. The summed E-state index contributed by atoms with van der Waals surface area (Å²) in [5.41, 5.74) is 2.21. The van der Waals surface area contributed by atoms with Gasteiger partial charge in [0.05, 0.1) is 7.11 Å². The Morgan fingerprint density at radius 1 is 1.14 bits per heavy atom. The van der Waals surface area contributed by atoms with E-state index in [-0.39, 0.29) is 5.95 Å². The molecule has 0 spiro atoms. The lowest BCUT2D eigenvalue weighted by atomic mass is 10.0. The molecule has 114 valence electrons. The molecule has 4 heteroatoms. The van der Waals surface area contributed by atoms with E-state index in [2.05, 4.69) is 0 Å². The highest BCUT2D eigenvalue weighted by Crippen LogP contribution is 2.33. The van der Waals surface area contributed by atoms with E-state index in [4.69, 9.17) is 14.2 Å². The van der Waals surface area contributed by atoms with Crippen molar-refractivity contribution >= 4 is 0 Å². The van der Waals surface area contributed by atoms with Crippen LogP contribution in [-0.2, 0) is 17.8 Å². The zero-order valence-corrected chi connectivity index (χ0v) is 12.4. The highest BCUT2D eigenvalue weighted by molar-refractivity contribution is 5.43. The van der Waals surface area contributed by atoms with Gasteiger partial charge in [-0.25, -0.2) is 0 Å². The summed E-state index contributed by atoms with van der Waals surface area (Å²) >= 11 is 0. The maximum atomic E-state index is 9.63. The van der Waals surface area contributed by atoms with Crippen molar-refractivity contribution in [2.75, 3.05) is 7.11 Å². The van der Waals surface area contributed by atoms with Gasteiger partial charge in [0.1, 0.15) is 18.1 Å². The summed E-state index contributed by atoms with van der Waals surface area (Å²) in [6.45, 7) is 0.506. The van der Waals surface area contributed by atoms with Crippen LogP contribution >= 0.6 is 0 Å². The fourth-order valence-electron chi connectivity index (χ4n) is 2.36. The van der Waals surface area contributed by atoms with Crippen LogP contribution in [0.4, 0.5) is 0 Å². The first-order chi connectivity index (χ1) is 10.8. The van der Waals surface area contributed by atoms with E-state index in [1.165, 1.54) is 7.11 Å². The third kappa shape index (κ3) is 3.17. The number of ether oxygens (including phenoxy) is 3. The van der Waals surface area contributed by atoms with Crippen molar-refractivity contribution in [1.29, 1.82) is 0 Å². The minimum absolute atomic E-state index is 0.166. The Morgan fingerprint density at radius 3 is 2.73 bits per heavy atom. The smallest absolute Gasteiger partial charge is 0.316 e. The molecule has 0 aliphatic carbocycles. The van der Waals surface area contributed by atoms with E-state index in [0.717, 1.165) is 23.3 Å². The van der Waals surface area contributed by atoms with E-state index < -0.39 is 0 Å². The van der Waals surface area contributed by atoms with Gasteiger partial charge in [-0.05, 0) is 23.6 Å². The zero-order chi connectivity index (χ0) is 15.4. The molecule has 0 aromatic heterocycles. The van der Waals surface area contributed by atoms with Crippen molar-refractivity contribution in [3.8, 4) is 11.5 Å². The molecule has 0 atom stereocenters. The van der Waals surface area contributed by atoms with Crippen molar-refractivity contribution in [1.82, 2.24) is 0 Å². The molecule has 2 aromatic carbocycles. The van der Waals surface area contributed by atoms with Crippen molar-refractivity contribution in [2.24, 2.45) is 0 Å². The lowest BCUT2D eigenvalue weighted by Gasteiger charge is -2.20. The number of rotatable bonds is 4. The Labute approximate surface area is 129 Å². The van der Waals surface area contributed by atoms with Crippen molar-refractivity contribution in [3.63, 3.8) is 0 Å². The number of allylic oxidation sites excluding steroid dienone is 1. The van der Waals surface area contributed by atoms with Crippen molar-refractivity contribution < 1.29 is 19.3 Å². The van der Waals surface area contributed by atoms with Crippen LogP contribution < -0.4 is 9.47 Å². The Kier molecular flexibility index (Phi) is 4.19. The second-order valence-corrected chi connectivity index (χ2v) is 5.08. The van der Waals surface area contributed by atoms with Crippen LogP contribution in [0.25, 0.3) is 0 Å². The van der Waals surface area contributed by atoms with Gasteiger partial charge < -0.3 is 19.3 Å². The summed E-state index contributed by atoms with van der Waals surface area (Å²) in [7, 11) is 1.42. The lowest BCUT2D eigenvalue weighted by molar-refractivity contribution is 0.110. The van der Waals surface area contributed by atoms with Gasteiger partial charge in [-0.2, -0.15) is 0 Å². The first-order valence-corrected chi connectivity index (χ1v) is 7.20. The van der Waals surface area contributed by atoms with Gasteiger partial charge in [-0.15, -0.1) is 0 Å². The summed E-state index contributed by atoms with van der Waals surface area (Å²) in [5, 5.41) is 9.63. The maximum Gasteiger partial charge on any atom is 0.316 e. The average molecular weight is 298 g/mol. The highest BCUT2D eigenvalue weighted by Gasteiger charge is 2.19. The monoisotopic (exact) mass is 298 g/mol. The molecule has 2 aromatic rings. The zero-order valence-electron chi connectivity index (χ0n) is 12.4. The van der Waals surface area contributed by atoms with Crippen molar-refractivity contribution in [2.45, 2.75) is 19.4 Å². The fraction of sp³-hybridized carbons (Fsp3) is 0.222. The van der Waals surface area contributed by atoms with Crippen molar-refractivity contribution in [3.05, 3.63) is 71.4 Å². The number of aryl methyl sites for hydroxylation is 1. The number of benzene rings is 2. The molecule has 0 bridgehead atoms. The van der Waals surface area contributed by atoms with E-state index in [0.29, 0.717) is 24.5 Å². The SMILES string of the molecule is CO/C(O)=C1\CCc2ccc(OCc3ccccc3)cc2O1. The third-order valence-corrected chi connectivity index (χ3v) is 3.57. The summed E-state index contributed by atoms with van der Waals surface area (Å²) < 4.78 is 16.3. The van der Waals surface area contributed by atoms with Gasteiger partial charge in [0.15, 0.2) is 5.76 Å². The van der Waals surface area contributed by atoms with Gasteiger partial charge in [0, 0.05) is 12.5 Å². The molecule has 1 aliphatic rings. The Bertz CT molecular complexity index is 677. The van der Waals surface area contributed by atoms with E-state index in [1.807, 2.05) is 48.5 Å². The Hall–Kier alpha value is -2.62.